The lowest BCUT2D eigenvalue weighted by molar-refractivity contribution is -0.120. The minimum absolute atomic E-state index is 0.152. The SMILES string of the molecule is COC(OC)C(C)NC1CC=CC1. The van der Waals surface area contributed by atoms with Crippen LogP contribution >= 0.6 is 0 Å². The fraction of sp³-hybridized carbons (Fsp3) is 0.800. The second kappa shape index (κ2) is 5.37. The normalized spacial score (nSPS) is 20.0. The molecule has 0 bridgehead atoms. The molecule has 1 aliphatic rings. The van der Waals surface area contributed by atoms with Crippen LogP contribution in [0.2, 0.25) is 0 Å². The second-order valence-corrected chi connectivity index (χ2v) is 3.43. The zero-order chi connectivity index (χ0) is 9.68. The summed E-state index contributed by atoms with van der Waals surface area (Å²) < 4.78 is 10.3. The average molecular weight is 185 g/mol. The Morgan fingerprint density at radius 1 is 1.23 bits per heavy atom. The van der Waals surface area contributed by atoms with Crippen molar-refractivity contribution in [2.45, 2.75) is 38.1 Å². The van der Waals surface area contributed by atoms with Crippen LogP contribution in [0.25, 0.3) is 0 Å². The Balaban J connectivity index is 2.26. The maximum Gasteiger partial charge on any atom is 0.171 e. The van der Waals surface area contributed by atoms with Gasteiger partial charge in [-0.3, -0.25) is 0 Å². The van der Waals surface area contributed by atoms with E-state index in [0.717, 1.165) is 12.8 Å². The van der Waals surface area contributed by atoms with Crippen molar-refractivity contribution in [3.63, 3.8) is 0 Å². The fourth-order valence-corrected chi connectivity index (χ4v) is 1.71. The van der Waals surface area contributed by atoms with Gasteiger partial charge in [0.15, 0.2) is 6.29 Å². The zero-order valence-corrected chi connectivity index (χ0v) is 8.62. The number of hydrogen-bond donors (Lipinski definition) is 1. The molecule has 0 aromatic heterocycles. The van der Waals surface area contributed by atoms with Gasteiger partial charge in [-0.05, 0) is 19.8 Å². The van der Waals surface area contributed by atoms with E-state index in [2.05, 4.69) is 24.4 Å². The second-order valence-electron chi connectivity index (χ2n) is 3.43. The van der Waals surface area contributed by atoms with Crippen LogP contribution in [-0.2, 0) is 9.47 Å². The first-order valence-corrected chi connectivity index (χ1v) is 4.74. The maximum absolute atomic E-state index is 5.17. The molecule has 1 rings (SSSR count). The predicted octanol–water partition coefficient (Wildman–Crippen LogP) is 1.30. The molecule has 0 spiro atoms. The van der Waals surface area contributed by atoms with Crippen LogP contribution in [0.1, 0.15) is 19.8 Å². The van der Waals surface area contributed by atoms with Crippen LogP contribution in [0.4, 0.5) is 0 Å². The third kappa shape index (κ3) is 3.10. The van der Waals surface area contributed by atoms with E-state index in [-0.39, 0.29) is 12.3 Å². The van der Waals surface area contributed by atoms with Crippen molar-refractivity contribution in [1.29, 1.82) is 0 Å². The monoisotopic (exact) mass is 185 g/mol. The van der Waals surface area contributed by atoms with E-state index in [0.29, 0.717) is 6.04 Å². The molecule has 1 atom stereocenters. The third-order valence-electron chi connectivity index (χ3n) is 2.38. The Morgan fingerprint density at radius 2 is 1.77 bits per heavy atom. The van der Waals surface area contributed by atoms with E-state index in [9.17, 15) is 0 Å². The highest BCUT2D eigenvalue weighted by Crippen LogP contribution is 2.11. The molecule has 1 N–H and O–H groups in total. The van der Waals surface area contributed by atoms with Gasteiger partial charge in [0.25, 0.3) is 0 Å². The molecule has 76 valence electrons. The molecule has 3 heteroatoms. The standard InChI is InChI=1S/C10H19NO2/c1-8(10(12-2)13-3)11-9-6-4-5-7-9/h4-5,8-11H,6-7H2,1-3H3. The van der Waals surface area contributed by atoms with E-state index in [1.54, 1.807) is 14.2 Å². The van der Waals surface area contributed by atoms with Crippen molar-refractivity contribution in [3.05, 3.63) is 12.2 Å². The molecule has 0 fully saturated rings. The summed E-state index contributed by atoms with van der Waals surface area (Å²) in [5, 5.41) is 3.47. The largest absolute Gasteiger partial charge is 0.354 e. The van der Waals surface area contributed by atoms with Crippen LogP contribution in [0, 0.1) is 0 Å². The molecule has 0 heterocycles. The lowest BCUT2D eigenvalue weighted by Crippen LogP contribution is -2.44. The Morgan fingerprint density at radius 3 is 2.23 bits per heavy atom. The van der Waals surface area contributed by atoms with Crippen molar-refractivity contribution in [2.24, 2.45) is 0 Å². The molecule has 0 radical (unpaired) electrons. The van der Waals surface area contributed by atoms with Gasteiger partial charge < -0.3 is 14.8 Å². The van der Waals surface area contributed by atoms with E-state index in [4.69, 9.17) is 9.47 Å². The lowest BCUT2D eigenvalue weighted by atomic mass is 10.2. The molecule has 3 nitrogen and oxygen atoms in total. The minimum Gasteiger partial charge on any atom is -0.354 e. The minimum atomic E-state index is -0.152. The summed E-state index contributed by atoms with van der Waals surface area (Å²) in [5.41, 5.74) is 0. The van der Waals surface area contributed by atoms with E-state index < -0.39 is 0 Å². The molecule has 0 saturated carbocycles. The van der Waals surface area contributed by atoms with Gasteiger partial charge in [-0.25, -0.2) is 0 Å². The molecule has 1 unspecified atom stereocenters. The highest BCUT2D eigenvalue weighted by atomic mass is 16.7. The number of methoxy groups -OCH3 is 2. The van der Waals surface area contributed by atoms with Crippen LogP contribution in [-0.4, -0.2) is 32.6 Å². The zero-order valence-electron chi connectivity index (χ0n) is 8.62. The van der Waals surface area contributed by atoms with Crippen LogP contribution in [0.5, 0.6) is 0 Å². The molecule has 0 aromatic carbocycles. The number of ether oxygens (including phenoxy) is 2. The van der Waals surface area contributed by atoms with Gasteiger partial charge in [-0.15, -0.1) is 0 Å². The lowest BCUT2D eigenvalue weighted by Gasteiger charge is -2.25. The molecule has 13 heavy (non-hydrogen) atoms. The van der Waals surface area contributed by atoms with Gasteiger partial charge in [0.1, 0.15) is 0 Å². The summed E-state index contributed by atoms with van der Waals surface area (Å²) in [7, 11) is 3.33. The Labute approximate surface area is 80.1 Å². The van der Waals surface area contributed by atoms with Gasteiger partial charge >= 0.3 is 0 Å². The fourth-order valence-electron chi connectivity index (χ4n) is 1.71. The van der Waals surface area contributed by atoms with Crippen molar-refractivity contribution < 1.29 is 9.47 Å². The van der Waals surface area contributed by atoms with Crippen LogP contribution in [0.15, 0.2) is 12.2 Å². The third-order valence-corrected chi connectivity index (χ3v) is 2.38. The summed E-state index contributed by atoms with van der Waals surface area (Å²) in [6.45, 7) is 2.08. The first kappa shape index (κ1) is 10.7. The summed E-state index contributed by atoms with van der Waals surface area (Å²) in [6, 6.07) is 0.794. The summed E-state index contributed by atoms with van der Waals surface area (Å²) in [6.07, 6.45) is 6.49. The molecule has 0 aliphatic heterocycles. The van der Waals surface area contributed by atoms with E-state index >= 15 is 0 Å². The Kier molecular flexibility index (Phi) is 4.42. The van der Waals surface area contributed by atoms with Crippen molar-refractivity contribution in [2.75, 3.05) is 14.2 Å². The smallest absolute Gasteiger partial charge is 0.171 e. The Hall–Kier alpha value is -0.380. The summed E-state index contributed by atoms with van der Waals surface area (Å²) >= 11 is 0. The van der Waals surface area contributed by atoms with Crippen molar-refractivity contribution in [3.8, 4) is 0 Å². The summed E-state index contributed by atoms with van der Waals surface area (Å²) in [5.74, 6) is 0. The number of rotatable bonds is 5. The topological polar surface area (TPSA) is 30.5 Å². The number of nitrogens with one attached hydrogen (secondary N) is 1. The average Bonchev–Trinajstić information content (AvgIpc) is 2.59. The highest BCUT2D eigenvalue weighted by Gasteiger charge is 2.19. The van der Waals surface area contributed by atoms with Gasteiger partial charge in [-0.1, -0.05) is 12.2 Å². The van der Waals surface area contributed by atoms with E-state index in [1.165, 1.54) is 0 Å². The highest BCUT2D eigenvalue weighted by molar-refractivity contribution is 4.98. The molecule has 0 saturated heterocycles. The van der Waals surface area contributed by atoms with Gasteiger partial charge in [-0.2, -0.15) is 0 Å². The first-order chi connectivity index (χ1) is 6.27. The van der Waals surface area contributed by atoms with E-state index in [1.807, 2.05) is 0 Å². The van der Waals surface area contributed by atoms with Crippen LogP contribution in [0.3, 0.4) is 0 Å². The molecule has 0 amide bonds. The predicted molar refractivity (Wildman–Crippen MR) is 52.6 cm³/mol. The molecule has 0 aromatic rings. The van der Waals surface area contributed by atoms with Crippen molar-refractivity contribution in [1.82, 2.24) is 5.32 Å². The first-order valence-electron chi connectivity index (χ1n) is 4.74. The molecular weight excluding hydrogens is 166 g/mol. The molecular formula is C10H19NO2. The quantitative estimate of drug-likeness (QED) is 0.517. The van der Waals surface area contributed by atoms with Gasteiger partial charge in [0, 0.05) is 20.3 Å². The maximum atomic E-state index is 5.17. The van der Waals surface area contributed by atoms with Crippen LogP contribution < -0.4 is 5.32 Å². The summed E-state index contributed by atoms with van der Waals surface area (Å²) in [4.78, 5) is 0. The van der Waals surface area contributed by atoms with Crippen molar-refractivity contribution >= 4 is 0 Å². The Bertz CT molecular complexity index is 158. The number of hydrogen-bond acceptors (Lipinski definition) is 3. The van der Waals surface area contributed by atoms with Gasteiger partial charge in [0.2, 0.25) is 0 Å². The van der Waals surface area contributed by atoms with Gasteiger partial charge in [0.05, 0.1) is 6.04 Å². The molecule has 1 aliphatic carbocycles.